The fraction of sp³-hybridized carbons (Fsp3) is 0.588. The molecule has 3 rings (SSSR count). The molecule has 1 heterocycles. The molecule has 2 fully saturated rings. The second kappa shape index (κ2) is 6.72. The molecule has 1 saturated carbocycles. The minimum Gasteiger partial charge on any atom is -0.385 e. The maximum atomic E-state index is 12.8. The number of hydrogen-bond donors (Lipinski definition) is 2. The maximum absolute atomic E-state index is 12.8. The Kier molecular flexibility index (Phi) is 4.68. The van der Waals surface area contributed by atoms with E-state index in [4.69, 9.17) is 0 Å². The van der Waals surface area contributed by atoms with E-state index >= 15 is 0 Å². The van der Waals surface area contributed by atoms with E-state index in [2.05, 4.69) is 10.6 Å². The minimum absolute atomic E-state index is 0.0238. The SMILES string of the molecule is O=C(Nc1ccc(NC[C@@H]2CC2(F)F)cc1)N1CCCCCC1. The molecule has 1 saturated heterocycles. The lowest BCUT2D eigenvalue weighted by Crippen LogP contribution is -2.35. The molecule has 2 amide bonds. The average molecular weight is 323 g/mol. The van der Waals surface area contributed by atoms with Crippen molar-refractivity contribution in [3.8, 4) is 0 Å². The molecule has 0 bridgehead atoms. The molecule has 126 valence electrons. The normalized spacial score (nSPS) is 23.0. The van der Waals surface area contributed by atoms with Crippen LogP contribution in [-0.2, 0) is 0 Å². The third-order valence-corrected chi connectivity index (χ3v) is 4.54. The number of rotatable bonds is 4. The Hall–Kier alpha value is -1.85. The summed E-state index contributed by atoms with van der Waals surface area (Å²) in [5.74, 6) is -3.04. The first-order valence-electron chi connectivity index (χ1n) is 8.32. The molecule has 0 radical (unpaired) electrons. The fourth-order valence-electron chi connectivity index (χ4n) is 2.88. The molecule has 1 aromatic carbocycles. The molecule has 1 atom stereocenters. The van der Waals surface area contributed by atoms with E-state index < -0.39 is 11.8 Å². The molecule has 1 aliphatic heterocycles. The van der Waals surface area contributed by atoms with Gasteiger partial charge in [0.1, 0.15) is 0 Å². The van der Waals surface area contributed by atoms with Gasteiger partial charge in [0.05, 0.1) is 0 Å². The third-order valence-electron chi connectivity index (χ3n) is 4.54. The van der Waals surface area contributed by atoms with E-state index in [1.165, 1.54) is 12.8 Å². The van der Waals surface area contributed by atoms with Crippen LogP contribution in [0.25, 0.3) is 0 Å². The first-order chi connectivity index (χ1) is 11.0. The van der Waals surface area contributed by atoms with Gasteiger partial charge in [0.2, 0.25) is 0 Å². The Balaban J connectivity index is 1.47. The first-order valence-corrected chi connectivity index (χ1v) is 8.32. The Morgan fingerprint density at radius 2 is 1.65 bits per heavy atom. The van der Waals surface area contributed by atoms with Crippen LogP contribution in [-0.4, -0.2) is 36.5 Å². The van der Waals surface area contributed by atoms with E-state index in [9.17, 15) is 13.6 Å². The molecule has 6 heteroatoms. The Morgan fingerprint density at radius 3 is 2.22 bits per heavy atom. The lowest BCUT2D eigenvalue weighted by Gasteiger charge is -2.20. The number of halogens is 2. The van der Waals surface area contributed by atoms with Crippen molar-refractivity contribution in [2.24, 2.45) is 5.92 Å². The molecule has 4 nitrogen and oxygen atoms in total. The van der Waals surface area contributed by atoms with Gasteiger partial charge in [0.25, 0.3) is 5.92 Å². The van der Waals surface area contributed by atoms with Crippen molar-refractivity contribution in [3.05, 3.63) is 24.3 Å². The number of urea groups is 1. The lowest BCUT2D eigenvalue weighted by molar-refractivity contribution is 0.101. The summed E-state index contributed by atoms with van der Waals surface area (Å²) in [7, 11) is 0. The zero-order valence-corrected chi connectivity index (χ0v) is 13.2. The predicted molar refractivity (Wildman–Crippen MR) is 87.0 cm³/mol. The van der Waals surface area contributed by atoms with Crippen LogP contribution in [0.15, 0.2) is 24.3 Å². The number of anilines is 2. The van der Waals surface area contributed by atoms with Gasteiger partial charge in [0, 0.05) is 43.3 Å². The van der Waals surface area contributed by atoms with Crippen molar-refractivity contribution >= 4 is 17.4 Å². The summed E-state index contributed by atoms with van der Waals surface area (Å²) < 4.78 is 25.6. The number of carbonyl (C=O) groups is 1. The summed E-state index contributed by atoms with van der Waals surface area (Å²) in [6.45, 7) is 1.90. The molecule has 1 aromatic rings. The van der Waals surface area contributed by atoms with Crippen molar-refractivity contribution < 1.29 is 13.6 Å². The molecular formula is C17H23F2N3O. The van der Waals surface area contributed by atoms with E-state index in [-0.39, 0.29) is 19.0 Å². The van der Waals surface area contributed by atoms with Crippen LogP contribution in [0.5, 0.6) is 0 Å². The molecule has 2 N–H and O–H groups in total. The second-order valence-electron chi connectivity index (χ2n) is 6.45. The summed E-state index contributed by atoms with van der Waals surface area (Å²) in [5.41, 5.74) is 1.52. The summed E-state index contributed by atoms with van der Waals surface area (Å²) in [5, 5.41) is 5.91. The van der Waals surface area contributed by atoms with E-state index in [1.807, 2.05) is 4.90 Å². The van der Waals surface area contributed by atoms with Crippen LogP contribution in [0.4, 0.5) is 25.0 Å². The molecule has 23 heavy (non-hydrogen) atoms. The molecule has 0 unspecified atom stereocenters. The number of hydrogen-bond acceptors (Lipinski definition) is 2. The lowest BCUT2D eigenvalue weighted by atomic mass is 10.2. The van der Waals surface area contributed by atoms with E-state index in [1.54, 1.807) is 24.3 Å². The monoisotopic (exact) mass is 323 g/mol. The highest BCUT2D eigenvalue weighted by atomic mass is 19.3. The van der Waals surface area contributed by atoms with Crippen LogP contribution in [0.2, 0.25) is 0 Å². The van der Waals surface area contributed by atoms with Crippen LogP contribution in [0.3, 0.4) is 0 Å². The van der Waals surface area contributed by atoms with Gasteiger partial charge in [-0.3, -0.25) is 0 Å². The third kappa shape index (κ3) is 4.33. The van der Waals surface area contributed by atoms with Crippen LogP contribution in [0, 0.1) is 5.92 Å². The van der Waals surface area contributed by atoms with E-state index in [0.717, 1.165) is 37.3 Å². The van der Waals surface area contributed by atoms with Crippen LogP contribution >= 0.6 is 0 Å². The van der Waals surface area contributed by atoms with Gasteiger partial charge in [0.15, 0.2) is 0 Å². The topological polar surface area (TPSA) is 44.4 Å². The molecule has 2 aliphatic rings. The molecule has 0 aromatic heterocycles. The fourth-order valence-corrected chi connectivity index (χ4v) is 2.88. The molecule has 1 aliphatic carbocycles. The summed E-state index contributed by atoms with van der Waals surface area (Å²) in [4.78, 5) is 14.1. The zero-order chi connectivity index (χ0) is 16.3. The molecule has 0 spiro atoms. The number of likely N-dealkylation sites (tertiary alicyclic amines) is 1. The number of nitrogens with zero attached hydrogens (tertiary/aromatic N) is 1. The zero-order valence-electron chi connectivity index (χ0n) is 13.2. The van der Waals surface area contributed by atoms with Crippen molar-refractivity contribution in [1.29, 1.82) is 0 Å². The van der Waals surface area contributed by atoms with Crippen molar-refractivity contribution in [1.82, 2.24) is 4.90 Å². The van der Waals surface area contributed by atoms with Crippen LogP contribution in [0.1, 0.15) is 32.1 Å². The number of nitrogens with one attached hydrogen (secondary N) is 2. The molecular weight excluding hydrogens is 300 g/mol. The van der Waals surface area contributed by atoms with Gasteiger partial charge in [-0.2, -0.15) is 0 Å². The highest BCUT2D eigenvalue weighted by molar-refractivity contribution is 5.89. The summed E-state index contributed by atoms with van der Waals surface area (Å²) >= 11 is 0. The van der Waals surface area contributed by atoms with Crippen molar-refractivity contribution in [2.75, 3.05) is 30.3 Å². The van der Waals surface area contributed by atoms with Gasteiger partial charge in [-0.15, -0.1) is 0 Å². The van der Waals surface area contributed by atoms with Gasteiger partial charge >= 0.3 is 6.03 Å². The van der Waals surface area contributed by atoms with E-state index in [0.29, 0.717) is 0 Å². The van der Waals surface area contributed by atoms with Crippen molar-refractivity contribution in [2.45, 2.75) is 38.0 Å². The van der Waals surface area contributed by atoms with Gasteiger partial charge in [-0.25, -0.2) is 13.6 Å². The highest BCUT2D eigenvalue weighted by Gasteiger charge is 2.56. The predicted octanol–water partition coefficient (Wildman–Crippen LogP) is 4.16. The van der Waals surface area contributed by atoms with Gasteiger partial charge < -0.3 is 15.5 Å². The highest BCUT2D eigenvalue weighted by Crippen LogP contribution is 2.48. The number of alkyl halides is 2. The Bertz CT molecular complexity index is 539. The second-order valence-corrected chi connectivity index (χ2v) is 6.45. The smallest absolute Gasteiger partial charge is 0.321 e. The standard InChI is InChI=1S/C17H23F2N3O/c18-17(19)11-13(17)12-20-14-5-7-15(8-6-14)21-16(23)22-9-3-1-2-4-10-22/h5-8,13,20H,1-4,9-12H2,(H,21,23)/t13-/m0/s1. The summed E-state index contributed by atoms with van der Waals surface area (Å²) in [6, 6.07) is 7.13. The summed E-state index contributed by atoms with van der Waals surface area (Å²) in [6.07, 6.45) is 4.46. The number of amides is 2. The largest absolute Gasteiger partial charge is 0.385 e. The minimum atomic E-state index is -2.49. The first kappa shape index (κ1) is 16.0. The van der Waals surface area contributed by atoms with Gasteiger partial charge in [-0.1, -0.05) is 12.8 Å². The number of benzene rings is 1. The number of carbonyl (C=O) groups excluding carboxylic acids is 1. The quantitative estimate of drug-likeness (QED) is 0.874. The van der Waals surface area contributed by atoms with Crippen LogP contribution < -0.4 is 10.6 Å². The Morgan fingerprint density at radius 1 is 1.09 bits per heavy atom. The Labute approximate surface area is 135 Å². The van der Waals surface area contributed by atoms with Crippen molar-refractivity contribution in [3.63, 3.8) is 0 Å². The van der Waals surface area contributed by atoms with Gasteiger partial charge in [-0.05, 0) is 37.1 Å². The maximum Gasteiger partial charge on any atom is 0.321 e. The average Bonchev–Trinajstić information content (AvgIpc) is 3.23.